The summed E-state index contributed by atoms with van der Waals surface area (Å²) in [5.41, 5.74) is 2.42. The molecule has 0 N–H and O–H groups in total. The standard InChI is InChI=1S/C15H19N.ClH/c1-14-7-5-8-15(13-14)9-6-12-16-10-3-2-4-11-16;/h5,7-8,13H,2-4,10-12H2,1H3;1H. The Labute approximate surface area is 111 Å². The van der Waals surface area contributed by atoms with Gasteiger partial charge in [0.05, 0.1) is 6.54 Å². The SMILES string of the molecule is Cc1cccc(C#CCN2CCCCC2)c1.Cl. The van der Waals surface area contributed by atoms with Crippen molar-refractivity contribution in [1.29, 1.82) is 0 Å². The van der Waals surface area contributed by atoms with Crippen LogP contribution < -0.4 is 0 Å². The summed E-state index contributed by atoms with van der Waals surface area (Å²) in [5.74, 6) is 6.52. The lowest BCUT2D eigenvalue weighted by Gasteiger charge is -2.23. The van der Waals surface area contributed by atoms with Crippen LogP contribution in [0, 0.1) is 18.8 Å². The molecule has 0 bridgehead atoms. The third-order valence-electron chi connectivity index (χ3n) is 3.00. The lowest BCUT2D eigenvalue weighted by molar-refractivity contribution is 0.255. The maximum absolute atomic E-state index is 3.27. The van der Waals surface area contributed by atoms with Gasteiger partial charge in [0.15, 0.2) is 0 Å². The molecule has 1 aromatic carbocycles. The Balaban J connectivity index is 0.00000144. The maximum atomic E-state index is 3.27. The average Bonchev–Trinajstić information content (AvgIpc) is 2.30. The summed E-state index contributed by atoms with van der Waals surface area (Å²) >= 11 is 0. The number of rotatable bonds is 1. The van der Waals surface area contributed by atoms with Crippen molar-refractivity contribution in [1.82, 2.24) is 4.90 Å². The quantitative estimate of drug-likeness (QED) is 0.691. The number of aryl methyl sites for hydroxylation is 1. The van der Waals surface area contributed by atoms with E-state index < -0.39 is 0 Å². The van der Waals surface area contributed by atoms with E-state index in [2.05, 4.69) is 47.9 Å². The van der Waals surface area contributed by atoms with E-state index in [4.69, 9.17) is 0 Å². The summed E-state index contributed by atoms with van der Waals surface area (Å²) in [7, 11) is 0. The number of hydrogen-bond acceptors (Lipinski definition) is 1. The average molecular weight is 250 g/mol. The predicted octanol–water partition coefficient (Wildman–Crippen LogP) is 3.25. The van der Waals surface area contributed by atoms with E-state index in [0.717, 1.165) is 12.1 Å². The van der Waals surface area contributed by atoms with Gasteiger partial charge in [-0.25, -0.2) is 0 Å². The first-order chi connectivity index (χ1) is 7.84. The fourth-order valence-corrected chi connectivity index (χ4v) is 2.09. The van der Waals surface area contributed by atoms with Gasteiger partial charge in [-0.05, 0) is 50.6 Å². The summed E-state index contributed by atoms with van der Waals surface area (Å²) in [6.07, 6.45) is 4.07. The molecule has 0 atom stereocenters. The van der Waals surface area contributed by atoms with Gasteiger partial charge in [0, 0.05) is 5.56 Å². The van der Waals surface area contributed by atoms with Crippen LogP contribution in [0.15, 0.2) is 24.3 Å². The van der Waals surface area contributed by atoms with Crippen molar-refractivity contribution in [2.45, 2.75) is 26.2 Å². The van der Waals surface area contributed by atoms with Gasteiger partial charge < -0.3 is 0 Å². The fourth-order valence-electron chi connectivity index (χ4n) is 2.09. The Morgan fingerprint density at radius 2 is 1.94 bits per heavy atom. The molecule has 0 aliphatic carbocycles. The lowest BCUT2D eigenvalue weighted by atomic mass is 10.1. The zero-order chi connectivity index (χ0) is 11.2. The van der Waals surface area contributed by atoms with Gasteiger partial charge in [0.25, 0.3) is 0 Å². The van der Waals surface area contributed by atoms with Crippen LogP contribution >= 0.6 is 12.4 Å². The molecular formula is C15H20ClN. The first-order valence-corrected chi connectivity index (χ1v) is 6.12. The Morgan fingerprint density at radius 3 is 2.65 bits per heavy atom. The zero-order valence-electron chi connectivity index (χ0n) is 10.4. The topological polar surface area (TPSA) is 3.24 Å². The van der Waals surface area contributed by atoms with Crippen LogP contribution in [0.4, 0.5) is 0 Å². The highest BCUT2D eigenvalue weighted by Crippen LogP contribution is 2.07. The van der Waals surface area contributed by atoms with Crippen molar-refractivity contribution in [3.63, 3.8) is 0 Å². The lowest BCUT2D eigenvalue weighted by Crippen LogP contribution is -2.29. The minimum atomic E-state index is 0. The van der Waals surface area contributed by atoms with E-state index in [1.807, 2.05) is 0 Å². The van der Waals surface area contributed by atoms with Crippen LogP contribution in [0.3, 0.4) is 0 Å². The number of benzene rings is 1. The van der Waals surface area contributed by atoms with Gasteiger partial charge in [-0.1, -0.05) is 30.4 Å². The van der Waals surface area contributed by atoms with Gasteiger partial charge >= 0.3 is 0 Å². The van der Waals surface area contributed by atoms with Crippen molar-refractivity contribution in [3.8, 4) is 11.8 Å². The molecule has 1 aliphatic heterocycles. The second-order valence-electron chi connectivity index (χ2n) is 4.51. The third kappa shape index (κ3) is 4.81. The highest BCUT2D eigenvalue weighted by atomic mass is 35.5. The molecule has 0 saturated carbocycles. The van der Waals surface area contributed by atoms with Gasteiger partial charge in [0.2, 0.25) is 0 Å². The van der Waals surface area contributed by atoms with Crippen LogP contribution in [0.1, 0.15) is 30.4 Å². The molecule has 1 aliphatic rings. The van der Waals surface area contributed by atoms with Crippen molar-refractivity contribution < 1.29 is 0 Å². The molecule has 0 aromatic heterocycles. The van der Waals surface area contributed by atoms with Crippen molar-refractivity contribution in [3.05, 3.63) is 35.4 Å². The summed E-state index contributed by atoms with van der Waals surface area (Å²) in [5, 5.41) is 0. The number of halogens is 1. The first-order valence-electron chi connectivity index (χ1n) is 6.12. The van der Waals surface area contributed by atoms with Gasteiger partial charge in [0.1, 0.15) is 0 Å². The van der Waals surface area contributed by atoms with Crippen LogP contribution in [-0.2, 0) is 0 Å². The fraction of sp³-hybridized carbons (Fsp3) is 0.467. The van der Waals surface area contributed by atoms with Crippen molar-refractivity contribution in [2.24, 2.45) is 0 Å². The Morgan fingerprint density at radius 1 is 1.18 bits per heavy atom. The minimum Gasteiger partial charge on any atom is -0.292 e. The Kier molecular flexibility index (Phi) is 6.11. The van der Waals surface area contributed by atoms with Gasteiger partial charge in [-0.2, -0.15) is 0 Å². The largest absolute Gasteiger partial charge is 0.292 e. The van der Waals surface area contributed by atoms with Crippen LogP contribution in [-0.4, -0.2) is 24.5 Å². The molecule has 1 nitrogen and oxygen atoms in total. The monoisotopic (exact) mass is 249 g/mol. The second kappa shape index (κ2) is 7.37. The summed E-state index contributed by atoms with van der Waals surface area (Å²) in [6, 6.07) is 8.40. The number of likely N-dealkylation sites (tertiary alicyclic amines) is 1. The molecule has 1 saturated heterocycles. The predicted molar refractivity (Wildman–Crippen MR) is 75.6 cm³/mol. The van der Waals surface area contributed by atoms with Crippen LogP contribution in [0.5, 0.6) is 0 Å². The second-order valence-corrected chi connectivity index (χ2v) is 4.51. The molecule has 0 amide bonds. The zero-order valence-corrected chi connectivity index (χ0v) is 11.2. The number of piperidine rings is 1. The molecule has 17 heavy (non-hydrogen) atoms. The molecule has 92 valence electrons. The van der Waals surface area contributed by atoms with Crippen LogP contribution in [0.25, 0.3) is 0 Å². The molecule has 2 rings (SSSR count). The van der Waals surface area contributed by atoms with E-state index in [9.17, 15) is 0 Å². The Hall–Kier alpha value is -0.970. The number of nitrogens with zero attached hydrogens (tertiary/aromatic N) is 1. The summed E-state index contributed by atoms with van der Waals surface area (Å²) in [4.78, 5) is 2.45. The molecule has 1 heterocycles. The molecule has 1 fully saturated rings. The van der Waals surface area contributed by atoms with E-state index >= 15 is 0 Å². The highest BCUT2D eigenvalue weighted by molar-refractivity contribution is 5.85. The van der Waals surface area contributed by atoms with E-state index in [-0.39, 0.29) is 12.4 Å². The van der Waals surface area contributed by atoms with E-state index in [1.54, 1.807) is 0 Å². The molecule has 1 aromatic rings. The van der Waals surface area contributed by atoms with Crippen molar-refractivity contribution >= 4 is 12.4 Å². The molecule has 0 radical (unpaired) electrons. The van der Waals surface area contributed by atoms with Crippen LogP contribution in [0.2, 0.25) is 0 Å². The van der Waals surface area contributed by atoms with Gasteiger partial charge in [-0.15, -0.1) is 12.4 Å². The van der Waals surface area contributed by atoms with Gasteiger partial charge in [-0.3, -0.25) is 4.90 Å². The molecule has 0 unspecified atom stereocenters. The molecule has 2 heteroatoms. The van der Waals surface area contributed by atoms with E-state index in [0.29, 0.717) is 0 Å². The van der Waals surface area contributed by atoms with E-state index in [1.165, 1.54) is 37.9 Å². The normalized spacial score (nSPS) is 15.6. The maximum Gasteiger partial charge on any atom is 0.0605 e. The third-order valence-corrected chi connectivity index (χ3v) is 3.00. The van der Waals surface area contributed by atoms with Crippen molar-refractivity contribution in [2.75, 3.05) is 19.6 Å². The number of hydrogen-bond donors (Lipinski definition) is 0. The molecular weight excluding hydrogens is 230 g/mol. The first kappa shape index (κ1) is 14.1. The summed E-state index contributed by atoms with van der Waals surface area (Å²) < 4.78 is 0. The summed E-state index contributed by atoms with van der Waals surface area (Å²) in [6.45, 7) is 5.48. The Bertz CT molecular complexity index is 397. The highest BCUT2D eigenvalue weighted by Gasteiger charge is 2.07. The smallest absolute Gasteiger partial charge is 0.0605 e. The minimum absolute atomic E-state index is 0. The molecule has 0 spiro atoms.